The highest BCUT2D eigenvalue weighted by Crippen LogP contribution is 2.16. The fourth-order valence-electron chi connectivity index (χ4n) is 2.21. The van der Waals surface area contributed by atoms with Gasteiger partial charge in [-0.1, -0.05) is 53.4 Å². The Hall–Kier alpha value is 0.177. The van der Waals surface area contributed by atoms with Crippen molar-refractivity contribution < 1.29 is 0 Å². The standard InChI is InChI=1S/C13H31NSi/c1-5-9-10-11-12-13-14-15(6-2,7-3)8-4/h14H,5-13H2,1-4H3. The van der Waals surface area contributed by atoms with Crippen LogP contribution in [-0.2, 0) is 0 Å². The van der Waals surface area contributed by atoms with Gasteiger partial charge in [-0.15, -0.1) is 0 Å². The molecule has 0 bridgehead atoms. The zero-order valence-electron chi connectivity index (χ0n) is 11.4. The molecular weight excluding hydrogens is 198 g/mol. The van der Waals surface area contributed by atoms with Gasteiger partial charge in [-0.3, -0.25) is 0 Å². The number of hydrogen-bond donors (Lipinski definition) is 1. The third-order valence-electron chi connectivity index (χ3n) is 3.81. The van der Waals surface area contributed by atoms with Gasteiger partial charge in [-0.25, -0.2) is 0 Å². The van der Waals surface area contributed by atoms with E-state index in [9.17, 15) is 0 Å². The van der Waals surface area contributed by atoms with E-state index in [2.05, 4.69) is 32.7 Å². The Morgan fingerprint density at radius 2 is 1.27 bits per heavy atom. The van der Waals surface area contributed by atoms with Crippen LogP contribution in [0.15, 0.2) is 0 Å². The van der Waals surface area contributed by atoms with Crippen molar-refractivity contribution in [2.75, 3.05) is 6.54 Å². The predicted molar refractivity (Wildman–Crippen MR) is 74.0 cm³/mol. The molecule has 0 aromatic rings. The van der Waals surface area contributed by atoms with Gasteiger partial charge in [-0.05, 0) is 31.1 Å². The lowest BCUT2D eigenvalue weighted by Crippen LogP contribution is -2.49. The van der Waals surface area contributed by atoms with Crippen LogP contribution < -0.4 is 4.98 Å². The van der Waals surface area contributed by atoms with Crippen molar-refractivity contribution in [1.82, 2.24) is 4.98 Å². The molecule has 0 saturated heterocycles. The van der Waals surface area contributed by atoms with Crippen molar-refractivity contribution in [3.8, 4) is 0 Å². The van der Waals surface area contributed by atoms with E-state index in [4.69, 9.17) is 0 Å². The first kappa shape index (κ1) is 15.2. The van der Waals surface area contributed by atoms with Crippen molar-refractivity contribution in [2.45, 2.75) is 77.9 Å². The summed E-state index contributed by atoms with van der Waals surface area (Å²) in [6.07, 6.45) is 7.00. The van der Waals surface area contributed by atoms with E-state index in [1.165, 1.54) is 56.8 Å². The van der Waals surface area contributed by atoms with E-state index in [1.807, 2.05) is 0 Å². The van der Waals surface area contributed by atoms with Gasteiger partial charge >= 0.3 is 0 Å². The lowest BCUT2D eigenvalue weighted by molar-refractivity contribution is 0.622. The topological polar surface area (TPSA) is 12.0 Å². The van der Waals surface area contributed by atoms with Crippen LogP contribution in [0.4, 0.5) is 0 Å². The summed E-state index contributed by atoms with van der Waals surface area (Å²) >= 11 is 0. The van der Waals surface area contributed by atoms with Crippen molar-refractivity contribution in [3.05, 3.63) is 0 Å². The lowest BCUT2D eigenvalue weighted by atomic mass is 10.2. The van der Waals surface area contributed by atoms with E-state index in [-0.39, 0.29) is 0 Å². The number of hydrogen-bond acceptors (Lipinski definition) is 1. The van der Waals surface area contributed by atoms with Gasteiger partial charge in [0, 0.05) is 0 Å². The first-order valence-electron chi connectivity index (χ1n) is 6.99. The summed E-state index contributed by atoms with van der Waals surface area (Å²) < 4.78 is 0. The van der Waals surface area contributed by atoms with Gasteiger partial charge in [0.05, 0.1) is 0 Å². The molecule has 92 valence electrons. The van der Waals surface area contributed by atoms with Crippen LogP contribution in [0.25, 0.3) is 0 Å². The van der Waals surface area contributed by atoms with Gasteiger partial charge in [-0.2, -0.15) is 0 Å². The Labute approximate surface area is 98.1 Å². The molecule has 0 aliphatic carbocycles. The Balaban J connectivity index is 3.54. The van der Waals surface area contributed by atoms with E-state index in [0.717, 1.165) is 0 Å². The third kappa shape index (κ3) is 6.36. The largest absolute Gasteiger partial charge is 0.337 e. The van der Waals surface area contributed by atoms with Crippen molar-refractivity contribution >= 4 is 8.24 Å². The number of rotatable bonds is 10. The van der Waals surface area contributed by atoms with E-state index in [0.29, 0.717) is 0 Å². The molecule has 0 unspecified atom stereocenters. The molecule has 0 spiro atoms. The molecular formula is C13H31NSi. The molecule has 2 heteroatoms. The summed E-state index contributed by atoms with van der Waals surface area (Å²) in [4.78, 5) is 3.90. The van der Waals surface area contributed by atoms with Crippen LogP contribution in [0.2, 0.25) is 18.1 Å². The van der Waals surface area contributed by atoms with Crippen LogP contribution in [0.1, 0.15) is 59.8 Å². The Morgan fingerprint density at radius 1 is 0.733 bits per heavy atom. The number of nitrogens with one attached hydrogen (secondary N) is 1. The summed E-state index contributed by atoms with van der Waals surface area (Å²) in [5.41, 5.74) is 0. The summed E-state index contributed by atoms with van der Waals surface area (Å²) in [6, 6.07) is 4.19. The summed E-state index contributed by atoms with van der Waals surface area (Å²) in [5, 5.41) is 0. The Kier molecular flexibility index (Phi) is 9.52. The summed E-state index contributed by atoms with van der Waals surface area (Å²) in [6.45, 7) is 10.6. The zero-order valence-corrected chi connectivity index (χ0v) is 12.4. The molecule has 0 saturated carbocycles. The molecule has 1 N–H and O–H groups in total. The minimum atomic E-state index is -1.04. The molecule has 0 aromatic heterocycles. The highest BCUT2D eigenvalue weighted by atomic mass is 28.3. The molecule has 0 amide bonds. The molecule has 0 aliphatic rings. The average molecular weight is 229 g/mol. The van der Waals surface area contributed by atoms with Crippen molar-refractivity contribution in [2.24, 2.45) is 0 Å². The van der Waals surface area contributed by atoms with E-state index >= 15 is 0 Å². The Morgan fingerprint density at radius 3 is 1.73 bits per heavy atom. The maximum atomic E-state index is 3.90. The second-order valence-corrected chi connectivity index (χ2v) is 9.72. The maximum Gasteiger partial charge on any atom is 0.124 e. The molecule has 0 radical (unpaired) electrons. The molecule has 0 aromatic carbocycles. The van der Waals surface area contributed by atoms with Crippen LogP contribution in [-0.4, -0.2) is 14.8 Å². The second-order valence-electron chi connectivity index (χ2n) is 4.68. The minimum Gasteiger partial charge on any atom is -0.337 e. The number of unbranched alkanes of at least 4 members (excludes halogenated alkanes) is 4. The van der Waals surface area contributed by atoms with Crippen molar-refractivity contribution in [1.29, 1.82) is 0 Å². The molecule has 0 rings (SSSR count). The molecule has 0 atom stereocenters. The first-order chi connectivity index (χ1) is 7.24. The van der Waals surface area contributed by atoms with Crippen molar-refractivity contribution in [3.63, 3.8) is 0 Å². The predicted octanol–water partition coefficient (Wildman–Crippen LogP) is 4.55. The molecule has 0 heterocycles. The molecule has 0 aliphatic heterocycles. The lowest BCUT2D eigenvalue weighted by Gasteiger charge is -2.29. The van der Waals surface area contributed by atoms with Crippen LogP contribution in [0, 0.1) is 0 Å². The van der Waals surface area contributed by atoms with Crippen LogP contribution in [0.3, 0.4) is 0 Å². The normalized spacial score (nSPS) is 12.0. The molecule has 0 fully saturated rings. The van der Waals surface area contributed by atoms with Gasteiger partial charge in [0.2, 0.25) is 0 Å². The van der Waals surface area contributed by atoms with Crippen LogP contribution in [0.5, 0.6) is 0 Å². The van der Waals surface area contributed by atoms with Gasteiger partial charge < -0.3 is 4.98 Å². The second kappa shape index (κ2) is 9.41. The fraction of sp³-hybridized carbons (Fsp3) is 1.00. The molecule has 1 nitrogen and oxygen atoms in total. The molecule has 15 heavy (non-hydrogen) atoms. The van der Waals surface area contributed by atoms with Gasteiger partial charge in [0.15, 0.2) is 0 Å². The highest BCUT2D eigenvalue weighted by molar-refractivity contribution is 6.77. The quantitative estimate of drug-likeness (QED) is 0.428. The maximum absolute atomic E-state index is 3.90. The highest BCUT2D eigenvalue weighted by Gasteiger charge is 2.25. The zero-order chi connectivity index (χ0) is 11.6. The van der Waals surface area contributed by atoms with E-state index in [1.54, 1.807) is 0 Å². The third-order valence-corrected chi connectivity index (χ3v) is 8.87. The van der Waals surface area contributed by atoms with Gasteiger partial charge in [0.1, 0.15) is 8.24 Å². The van der Waals surface area contributed by atoms with Crippen LogP contribution >= 0.6 is 0 Å². The fourth-order valence-corrected chi connectivity index (χ4v) is 5.16. The average Bonchev–Trinajstić information content (AvgIpc) is 2.29. The Bertz CT molecular complexity index is 124. The smallest absolute Gasteiger partial charge is 0.124 e. The summed E-state index contributed by atoms with van der Waals surface area (Å²) in [5.74, 6) is 0. The van der Waals surface area contributed by atoms with E-state index < -0.39 is 8.24 Å². The monoisotopic (exact) mass is 229 g/mol. The first-order valence-corrected chi connectivity index (χ1v) is 9.61. The minimum absolute atomic E-state index is 1.04. The SMILES string of the molecule is CCCCCCCN[Si](CC)(CC)CC. The van der Waals surface area contributed by atoms with Gasteiger partial charge in [0.25, 0.3) is 0 Å². The summed E-state index contributed by atoms with van der Waals surface area (Å²) in [7, 11) is -1.04.